The van der Waals surface area contributed by atoms with Gasteiger partial charge in [0.05, 0.1) is 23.0 Å². The van der Waals surface area contributed by atoms with Crippen LogP contribution in [0.5, 0.6) is 0 Å². The fraction of sp³-hybridized carbons (Fsp3) is 0.364. The van der Waals surface area contributed by atoms with Gasteiger partial charge in [0.1, 0.15) is 5.69 Å². The number of pyridine rings is 1. The van der Waals surface area contributed by atoms with Crippen LogP contribution in [0.2, 0.25) is 5.02 Å². The molecule has 0 unspecified atom stereocenters. The van der Waals surface area contributed by atoms with Gasteiger partial charge >= 0.3 is 0 Å². The highest BCUT2D eigenvalue weighted by Gasteiger charge is 2.44. The lowest BCUT2D eigenvalue weighted by atomic mass is 9.93. The van der Waals surface area contributed by atoms with Gasteiger partial charge in [0.2, 0.25) is 0 Å². The number of H-pyrrole nitrogens is 1. The molecule has 4 heterocycles. The van der Waals surface area contributed by atoms with Gasteiger partial charge < -0.3 is 5.32 Å². The van der Waals surface area contributed by atoms with Gasteiger partial charge in [-0.05, 0) is 57.6 Å². The van der Waals surface area contributed by atoms with Crippen LogP contribution in [-0.4, -0.2) is 57.9 Å². The molecule has 1 amide bonds. The molecule has 1 aromatic carbocycles. The number of hydrogen-bond donors (Lipinski definition) is 2. The molecule has 31 heavy (non-hydrogen) atoms. The van der Waals surface area contributed by atoms with E-state index < -0.39 is 11.7 Å². The maximum absolute atomic E-state index is 15.9. The molecule has 7 nitrogen and oxygen atoms in total. The van der Waals surface area contributed by atoms with E-state index in [0.29, 0.717) is 28.0 Å². The van der Waals surface area contributed by atoms with E-state index in [2.05, 4.69) is 37.1 Å². The third kappa shape index (κ3) is 3.30. The minimum atomic E-state index is -0.618. The van der Waals surface area contributed by atoms with Crippen LogP contribution in [-0.2, 0) is 0 Å². The van der Waals surface area contributed by atoms with E-state index in [1.165, 1.54) is 6.20 Å². The fourth-order valence-corrected chi connectivity index (χ4v) is 5.29. The second-order valence-electron chi connectivity index (χ2n) is 8.23. The molecular weight excluding hydrogens is 419 g/mol. The maximum Gasteiger partial charge on any atom is 0.280 e. The standard InChI is InChI=1S/C22H22ClFN6O/c1-25-21(31)16-10-26-19(14-8-13(23)9-17-15(14)11-28-29-17)18(24)20(16)27-12-22-4-2-6-30(22)7-3-5-22/h8-11H,1-7,12H2,(H,26,27)(H,28,29). The number of rotatable bonds is 5. The van der Waals surface area contributed by atoms with Crippen molar-refractivity contribution in [2.45, 2.75) is 31.2 Å². The number of aromatic nitrogens is 3. The topological polar surface area (TPSA) is 86.3 Å². The first-order valence-corrected chi connectivity index (χ1v) is 10.7. The van der Waals surface area contributed by atoms with E-state index in [-0.39, 0.29) is 22.5 Å². The van der Waals surface area contributed by atoms with E-state index >= 15 is 4.39 Å². The highest BCUT2D eigenvalue weighted by atomic mass is 35.5. The first-order valence-electron chi connectivity index (χ1n) is 10.3. The monoisotopic (exact) mass is 440 g/mol. The molecule has 2 saturated heterocycles. The number of carbonyl (C=O) groups is 1. The number of fused-ring (bicyclic) bond motifs is 2. The zero-order chi connectivity index (χ0) is 21.6. The molecule has 0 radical (unpaired) electrons. The summed E-state index contributed by atoms with van der Waals surface area (Å²) >= 11 is 6.24. The number of benzene rings is 1. The lowest BCUT2D eigenvalue weighted by molar-refractivity contribution is 0.100. The molecule has 0 saturated carbocycles. The number of nitrogens with one attached hydrogen (secondary N) is 2. The van der Waals surface area contributed by atoms with Crippen molar-refractivity contribution in [1.82, 2.24) is 20.1 Å². The molecule has 2 aliphatic heterocycles. The molecular formula is C22H22ClFN6O. The average molecular weight is 441 g/mol. The summed E-state index contributed by atoms with van der Waals surface area (Å²) in [4.78, 5) is 22.6. The van der Waals surface area contributed by atoms with Crippen LogP contribution in [0.3, 0.4) is 0 Å². The number of anilines is 1. The first-order chi connectivity index (χ1) is 15.0. The van der Waals surface area contributed by atoms with Crippen molar-refractivity contribution in [2.75, 3.05) is 25.0 Å². The van der Waals surface area contributed by atoms with Crippen molar-refractivity contribution in [3.05, 3.63) is 40.9 Å². The Morgan fingerprint density at radius 2 is 2.10 bits per heavy atom. The number of hydrogen-bond acceptors (Lipinski definition) is 5. The summed E-state index contributed by atoms with van der Waals surface area (Å²) in [5.41, 5.74) is 1.46. The highest BCUT2D eigenvalue weighted by molar-refractivity contribution is 6.31. The summed E-state index contributed by atoms with van der Waals surface area (Å²) in [6.45, 7) is 5.99. The lowest BCUT2D eigenvalue weighted by Crippen LogP contribution is -2.44. The number of amides is 1. The normalized spacial score (nSPS) is 17.7. The smallest absolute Gasteiger partial charge is 0.280 e. The molecule has 3 aromatic rings. The second-order valence-corrected chi connectivity index (χ2v) is 8.67. The van der Waals surface area contributed by atoms with Gasteiger partial charge in [-0.25, -0.2) is 9.38 Å². The molecule has 2 fully saturated rings. The molecule has 0 atom stereocenters. The van der Waals surface area contributed by atoms with Crippen LogP contribution in [0.4, 0.5) is 10.1 Å². The Morgan fingerprint density at radius 1 is 1.32 bits per heavy atom. The summed E-state index contributed by atoms with van der Waals surface area (Å²) in [7, 11) is 0. The van der Waals surface area contributed by atoms with E-state index in [9.17, 15) is 4.79 Å². The van der Waals surface area contributed by atoms with Gasteiger partial charge in [0, 0.05) is 34.3 Å². The van der Waals surface area contributed by atoms with Gasteiger partial charge in [-0.3, -0.25) is 19.8 Å². The maximum atomic E-state index is 15.9. The quantitative estimate of drug-likeness (QED) is 0.578. The van der Waals surface area contributed by atoms with Gasteiger partial charge in [-0.2, -0.15) is 5.10 Å². The molecule has 2 aromatic heterocycles. The Morgan fingerprint density at radius 3 is 2.84 bits per heavy atom. The zero-order valence-corrected chi connectivity index (χ0v) is 17.7. The van der Waals surface area contributed by atoms with Crippen molar-refractivity contribution in [2.24, 2.45) is 4.99 Å². The van der Waals surface area contributed by atoms with Crippen LogP contribution in [0.15, 0.2) is 29.5 Å². The van der Waals surface area contributed by atoms with Gasteiger partial charge in [-0.1, -0.05) is 11.6 Å². The van der Waals surface area contributed by atoms with E-state index in [1.807, 2.05) is 0 Å². The molecule has 2 N–H and O–H groups in total. The van der Waals surface area contributed by atoms with E-state index in [1.54, 1.807) is 18.3 Å². The molecule has 160 valence electrons. The summed E-state index contributed by atoms with van der Waals surface area (Å²) < 4.78 is 15.9. The molecule has 0 aliphatic carbocycles. The van der Waals surface area contributed by atoms with Gasteiger partial charge in [0.15, 0.2) is 5.82 Å². The zero-order valence-electron chi connectivity index (χ0n) is 16.9. The number of halogens is 2. The summed E-state index contributed by atoms with van der Waals surface area (Å²) in [5.74, 6) is -1.23. The minimum Gasteiger partial charge on any atom is -0.380 e. The number of aromatic amines is 1. The van der Waals surface area contributed by atoms with Crippen LogP contribution in [0, 0.1) is 5.82 Å². The first kappa shape index (κ1) is 20.1. The largest absolute Gasteiger partial charge is 0.380 e. The number of nitrogens with zero attached hydrogens (tertiary/aromatic N) is 4. The van der Waals surface area contributed by atoms with Crippen molar-refractivity contribution in [3.63, 3.8) is 0 Å². The SMILES string of the molecule is C=NC(=O)c1cnc(-c2cc(Cl)cc3[nH]ncc23)c(F)c1NCC12CCCN1CCC2. The molecule has 5 rings (SSSR count). The molecule has 0 spiro atoms. The Kier molecular flexibility index (Phi) is 4.98. The van der Waals surface area contributed by atoms with Crippen molar-refractivity contribution in [1.29, 1.82) is 0 Å². The lowest BCUT2D eigenvalue weighted by Gasteiger charge is -2.33. The van der Waals surface area contributed by atoms with Crippen LogP contribution in [0.25, 0.3) is 22.2 Å². The van der Waals surface area contributed by atoms with Crippen LogP contribution < -0.4 is 5.32 Å². The second kappa shape index (κ2) is 7.69. The third-order valence-corrected chi connectivity index (χ3v) is 6.80. The van der Waals surface area contributed by atoms with Crippen LogP contribution >= 0.6 is 11.6 Å². The van der Waals surface area contributed by atoms with Crippen molar-refractivity contribution >= 4 is 40.8 Å². The predicted octanol–water partition coefficient (Wildman–Crippen LogP) is 4.30. The van der Waals surface area contributed by atoms with Gasteiger partial charge in [0.25, 0.3) is 5.91 Å². The summed E-state index contributed by atoms with van der Waals surface area (Å²) in [6, 6.07) is 3.37. The Labute approximate surface area is 183 Å². The Bertz CT molecular complexity index is 1180. The minimum absolute atomic E-state index is 0.00563. The predicted molar refractivity (Wildman–Crippen MR) is 119 cm³/mol. The molecule has 9 heteroatoms. The number of carbonyl (C=O) groups excluding carboxylic acids is 1. The molecule has 2 aliphatic rings. The van der Waals surface area contributed by atoms with Crippen molar-refractivity contribution in [3.8, 4) is 11.3 Å². The third-order valence-electron chi connectivity index (χ3n) is 6.58. The number of aliphatic imine (C=N–C) groups is 1. The van der Waals surface area contributed by atoms with E-state index in [0.717, 1.165) is 38.8 Å². The summed E-state index contributed by atoms with van der Waals surface area (Å²) in [5, 5.41) is 11.2. The molecule has 0 bridgehead atoms. The van der Waals surface area contributed by atoms with E-state index in [4.69, 9.17) is 11.6 Å². The Balaban J connectivity index is 1.59. The highest BCUT2D eigenvalue weighted by Crippen LogP contribution is 2.40. The fourth-order valence-electron chi connectivity index (χ4n) is 5.07. The Hall–Kier alpha value is -2.84. The van der Waals surface area contributed by atoms with Crippen molar-refractivity contribution < 1.29 is 9.18 Å². The van der Waals surface area contributed by atoms with Crippen LogP contribution in [0.1, 0.15) is 36.0 Å². The van der Waals surface area contributed by atoms with Gasteiger partial charge in [-0.15, -0.1) is 0 Å². The average Bonchev–Trinajstić information content (AvgIpc) is 3.47. The summed E-state index contributed by atoms with van der Waals surface area (Å²) in [6.07, 6.45) is 7.34.